The zero-order chi connectivity index (χ0) is 22.8. The molecule has 1 amide bonds. The monoisotopic (exact) mass is 468 g/mol. The molecule has 0 N–H and O–H groups in total. The molecule has 168 valence electrons. The predicted octanol–water partition coefficient (Wildman–Crippen LogP) is 1.43. The summed E-state index contributed by atoms with van der Waals surface area (Å²) >= 11 is 6.05. The van der Waals surface area contributed by atoms with Crippen LogP contribution in [-0.2, 0) is 26.6 Å². The van der Waals surface area contributed by atoms with E-state index >= 15 is 0 Å². The maximum Gasteiger partial charge on any atom is 0.354 e. The van der Waals surface area contributed by atoms with Crippen molar-refractivity contribution in [2.45, 2.75) is 4.90 Å². The van der Waals surface area contributed by atoms with Gasteiger partial charge in [0, 0.05) is 57.2 Å². The summed E-state index contributed by atoms with van der Waals surface area (Å²) in [5.74, 6) is -0.916. The van der Waals surface area contributed by atoms with Gasteiger partial charge in [-0.2, -0.15) is 4.31 Å². The van der Waals surface area contributed by atoms with Crippen LogP contribution in [0.15, 0.2) is 41.4 Å². The Morgan fingerprint density at radius 1 is 1.16 bits per heavy atom. The SMILES string of the molecule is COC(=O)c1cc(S(=O)(=O)N(C)CC(=O)N2CCN(c3cccc(Cl)c3)CC2)cn1C. The van der Waals surface area contributed by atoms with Gasteiger partial charge in [-0.15, -0.1) is 0 Å². The van der Waals surface area contributed by atoms with Gasteiger partial charge in [-0.25, -0.2) is 13.2 Å². The standard InChI is InChI=1S/C20H25ClN4O5S/c1-22-13-17(12-18(22)20(27)30-3)31(28,29)23(2)14-19(26)25-9-7-24(8-10-25)16-6-4-5-15(21)11-16/h4-6,11-13H,7-10,14H2,1-3H3. The third kappa shape index (κ3) is 5.03. The first-order valence-electron chi connectivity index (χ1n) is 9.63. The summed E-state index contributed by atoms with van der Waals surface area (Å²) in [6.45, 7) is 1.93. The summed E-state index contributed by atoms with van der Waals surface area (Å²) in [6, 6.07) is 8.77. The molecule has 1 fully saturated rings. The van der Waals surface area contributed by atoms with Crippen molar-refractivity contribution in [3.63, 3.8) is 0 Å². The van der Waals surface area contributed by atoms with Gasteiger partial charge in [-0.3, -0.25) is 4.79 Å². The van der Waals surface area contributed by atoms with Gasteiger partial charge in [-0.1, -0.05) is 17.7 Å². The average Bonchev–Trinajstić information content (AvgIpc) is 3.15. The second-order valence-electron chi connectivity index (χ2n) is 7.27. The lowest BCUT2D eigenvalue weighted by molar-refractivity contribution is -0.131. The van der Waals surface area contributed by atoms with E-state index in [-0.39, 0.29) is 23.0 Å². The molecule has 1 saturated heterocycles. The van der Waals surface area contributed by atoms with Crippen molar-refractivity contribution in [3.8, 4) is 0 Å². The highest BCUT2D eigenvalue weighted by atomic mass is 35.5. The van der Waals surface area contributed by atoms with Crippen molar-refractivity contribution >= 4 is 39.2 Å². The fraction of sp³-hybridized carbons (Fsp3) is 0.400. The normalized spacial score (nSPS) is 14.7. The molecule has 3 rings (SSSR count). The molecule has 2 aromatic rings. The largest absolute Gasteiger partial charge is 0.464 e. The van der Waals surface area contributed by atoms with E-state index in [1.54, 1.807) is 11.9 Å². The Hall–Kier alpha value is -2.56. The smallest absolute Gasteiger partial charge is 0.354 e. The zero-order valence-electron chi connectivity index (χ0n) is 17.6. The van der Waals surface area contributed by atoms with Crippen LogP contribution in [-0.4, -0.2) is 80.9 Å². The third-order valence-corrected chi connectivity index (χ3v) is 7.25. The number of piperazine rings is 1. The van der Waals surface area contributed by atoms with Crippen molar-refractivity contribution in [1.82, 2.24) is 13.8 Å². The second-order valence-corrected chi connectivity index (χ2v) is 9.75. The van der Waals surface area contributed by atoms with Crippen LogP contribution < -0.4 is 4.90 Å². The van der Waals surface area contributed by atoms with Crippen LogP contribution in [0.2, 0.25) is 5.02 Å². The fourth-order valence-electron chi connectivity index (χ4n) is 3.43. The predicted molar refractivity (Wildman–Crippen MR) is 117 cm³/mol. The van der Waals surface area contributed by atoms with E-state index in [0.717, 1.165) is 9.99 Å². The quantitative estimate of drug-likeness (QED) is 0.595. The molecule has 9 nitrogen and oxygen atoms in total. The topological polar surface area (TPSA) is 92.2 Å². The van der Waals surface area contributed by atoms with Crippen molar-refractivity contribution < 1.29 is 22.7 Å². The Kier molecular flexibility index (Phi) is 6.93. The maximum atomic E-state index is 12.9. The van der Waals surface area contributed by atoms with Crippen molar-refractivity contribution in [3.05, 3.63) is 47.2 Å². The van der Waals surface area contributed by atoms with E-state index in [0.29, 0.717) is 31.2 Å². The third-order valence-electron chi connectivity index (χ3n) is 5.25. The van der Waals surface area contributed by atoms with Crippen LogP contribution >= 0.6 is 11.6 Å². The number of aryl methyl sites for hydroxylation is 1. The van der Waals surface area contributed by atoms with Crippen LogP contribution in [0, 0.1) is 0 Å². The van der Waals surface area contributed by atoms with Gasteiger partial charge in [0.25, 0.3) is 0 Å². The molecule has 0 bridgehead atoms. The molecule has 1 aliphatic heterocycles. The van der Waals surface area contributed by atoms with Crippen LogP contribution in [0.5, 0.6) is 0 Å². The van der Waals surface area contributed by atoms with Gasteiger partial charge in [-0.05, 0) is 24.3 Å². The first kappa shape index (κ1) is 23.1. The lowest BCUT2D eigenvalue weighted by Gasteiger charge is -2.36. The van der Waals surface area contributed by atoms with E-state index in [4.69, 9.17) is 11.6 Å². The lowest BCUT2D eigenvalue weighted by atomic mass is 10.2. The number of ether oxygens (including phenoxy) is 1. The molecule has 1 aromatic carbocycles. The van der Waals surface area contributed by atoms with Crippen LogP contribution in [0.3, 0.4) is 0 Å². The number of rotatable bonds is 6. The Morgan fingerprint density at radius 2 is 1.84 bits per heavy atom. The van der Waals surface area contributed by atoms with E-state index in [9.17, 15) is 18.0 Å². The number of likely N-dealkylation sites (N-methyl/N-ethyl adjacent to an activating group) is 1. The number of methoxy groups -OCH3 is 1. The molecule has 1 aromatic heterocycles. The summed E-state index contributed by atoms with van der Waals surface area (Å²) in [7, 11) is 0.179. The van der Waals surface area contributed by atoms with Crippen molar-refractivity contribution in [2.75, 3.05) is 51.8 Å². The number of benzene rings is 1. The number of carbonyl (C=O) groups excluding carboxylic acids is 2. The summed E-state index contributed by atoms with van der Waals surface area (Å²) < 4.78 is 32.8. The van der Waals surface area contributed by atoms with Gasteiger partial charge in [0.2, 0.25) is 15.9 Å². The van der Waals surface area contributed by atoms with Crippen LogP contribution in [0.25, 0.3) is 0 Å². The minimum absolute atomic E-state index is 0.0727. The molecule has 1 aliphatic rings. The summed E-state index contributed by atoms with van der Waals surface area (Å²) in [4.78, 5) is 28.2. The molecule has 31 heavy (non-hydrogen) atoms. The molecule has 0 atom stereocenters. The minimum atomic E-state index is -3.94. The van der Waals surface area contributed by atoms with E-state index in [1.165, 1.54) is 31.0 Å². The van der Waals surface area contributed by atoms with Gasteiger partial charge in [0.15, 0.2) is 0 Å². The first-order chi connectivity index (χ1) is 14.6. The number of nitrogens with zero attached hydrogens (tertiary/aromatic N) is 4. The fourth-order valence-corrected chi connectivity index (χ4v) is 4.80. The van der Waals surface area contributed by atoms with E-state index in [1.807, 2.05) is 24.3 Å². The number of esters is 1. The van der Waals surface area contributed by atoms with E-state index < -0.39 is 16.0 Å². The molecule has 0 spiro atoms. The number of carbonyl (C=O) groups is 2. The number of hydrogen-bond acceptors (Lipinski definition) is 6. The molecular weight excluding hydrogens is 444 g/mol. The summed E-state index contributed by atoms with van der Waals surface area (Å²) in [6.07, 6.45) is 1.33. The van der Waals surface area contributed by atoms with Gasteiger partial charge in [0.05, 0.1) is 13.7 Å². The van der Waals surface area contributed by atoms with Gasteiger partial charge < -0.3 is 19.1 Å². The average molecular weight is 469 g/mol. The second kappa shape index (κ2) is 9.29. The Balaban J connectivity index is 1.62. The number of amides is 1. The summed E-state index contributed by atoms with van der Waals surface area (Å²) in [5.41, 5.74) is 1.10. The highest BCUT2D eigenvalue weighted by Crippen LogP contribution is 2.21. The lowest BCUT2D eigenvalue weighted by Crippen LogP contribution is -2.51. The molecule has 0 aliphatic carbocycles. The minimum Gasteiger partial charge on any atom is -0.464 e. The highest BCUT2D eigenvalue weighted by Gasteiger charge is 2.29. The van der Waals surface area contributed by atoms with Crippen LogP contribution in [0.4, 0.5) is 5.69 Å². The number of halogens is 1. The maximum absolute atomic E-state index is 12.9. The molecule has 0 unspecified atom stereocenters. The number of anilines is 1. The molecule has 2 heterocycles. The highest BCUT2D eigenvalue weighted by molar-refractivity contribution is 7.89. The molecule has 11 heteroatoms. The Bertz CT molecular complexity index is 1080. The number of aromatic nitrogens is 1. The molecule has 0 saturated carbocycles. The van der Waals surface area contributed by atoms with Crippen molar-refractivity contribution in [2.24, 2.45) is 7.05 Å². The van der Waals surface area contributed by atoms with Gasteiger partial charge in [0.1, 0.15) is 10.6 Å². The number of sulfonamides is 1. The Labute approximate surface area is 186 Å². The van der Waals surface area contributed by atoms with E-state index in [2.05, 4.69) is 9.64 Å². The number of hydrogen-bond donors (Lipinski definition) is 0. The van der Waals surface area contributed by atoms with Gasteiger partial charge >= 0.3 is 5.97 Å². The zero-order valence-corrected chi connectivity index (χ0v) is 19.2. The van der Waals surface area contributed by atoms with Crippen LogP contribution in [0.1, 0.15) is 10.5 Å². The van der Waals surface area contributed by atoms with Crippen molar-refractivity contribution in [1.29, 1.82) is 0 Å². The first-order valence-corrected chi connectivity index (χ1v) is 11.4. The molecule has 0 radical (unpaired) electrons. The summed E-state index contributed by atoms with van der Waals surface area (Å²) in [5, 5.41) is 0.652. The Morgan fingerprint density at radius 3 is 2.45 bits per heavy atom. The molecular formula is C20H25ClN4O5S.